The molecule has 4 heterocycles. The molecule has 1 aliphatic heterocycles. The molecule has 1 fully saturated rings. The highest BCUT2D eigenvalue weighted by Crippen LogP contribution is 2.32. The molecular weight excluding hydrogens is 437 g/mol. The van der Waals surface area contributed by atoms with E-state index in [1.165, 1.54) is 12.1 Å². The molecule has 0 spiro atoms. The summed E-state index contributed by atoms with van der Waals surface area (Å²) in [6, 6.07) is 4.74. The van der Waals surface area contributed by atoms with Crippen LogP contribution in [0.1, 0.15) is 24.4 Å². The molecule has 0 aliphatic carbocycles. The lowest BCUT2D eigenvalue weighted by atomic mass is 10.1. The van der Waals surface area contributed by atoms with Crippen molar-refractivity contribution in [3.05, 3.63) is 48.2 Å². The number of hydrogen-bond donors (Lipinski definition) is 0. The van der Waals surface area contributed by atoms with Crippen LogP contribution >= 0.6 is 0 Å². The third kappa shape index (κ3) is 4.01. The number of nitrogens with zero attached hydrogens (tertiary/aromatic N) is 8. The Hall–Kier alpha value is -3.54. The zero-order valence-corrected chi connectivity index (χ0v) is 18.0. The number of fused-ring (bicyclic) bond motifs is 1. The number of aromatic nitrogens is 6. The van der Waals surface area contributed by atoms with Gasteiger partial charge < -0.3 is 9.42 Å². The number of rotatable bonds is 4. The molecule has 1 atom stereocenters. The van der Waals surface area contributed by atoms with Crippen molar-refractivity contribution < 1.29 is 17.7 Å². The van der Waals surface area contributed by atoms with Gasteiger partial charge in [-0.1, -0.05) is 17.3 Å². The highest BCUT2D eigenvalue weighted by atomic mass is 19.4. The highest BCUT2D eigenvalue weighted by Gasteiger charge is 2.31. The number of benzene rings is 1. The Morgan fingerprint density at radius 1 is 1.09 bits per heavy atom. The summed E-state index contributed by atoms with van der Waals surface area (Å²) in [7, 11) is 1.84. The van der Waals surface area contributed by atoms with Crippen LogP contribution in [0.25, 0.3) is 22.4 Å². The summed E-state index contributed by atoms with van der Waals surface area (Å²) in [6.45, 7) is 4.88. The molecule has 172 valence electrons. The first-order chi connectivity index (χ1) is 15.8. The number of aryl methyl sites for hydroxylation is 1. The van der Waals surface area contributed by atoms with Crippen molar-refractivity contribution in [1.29, 1.82) is 0 Å². The number of alkyl halides is 3. The van der Waals surface area contributed by atoms with Gasteiger partial charge in [-0.2, -0.15) is 23.3 Å². The van der Waals surface area contributed by atoms with E-state index in [4.69, 9.17) is 4.52 Å². The Bertz CT molecular complexity index is 1280. The summed E-state index contributed by atoms with van der Waals surface area (Å²) in [6.07, 6.45) is -1.11. The van der Waals surface area contributed by atoms with Crippen LogP contribution in [-0.2, 0) is 13.2 Å². The first-order valence-corrected chi connectivity index (χ1v) is 10.4. The predicted molar refractivity (Wildman–Crippen MR) is 113 cm³/mol. The van der Waals surface area contributed by atoms with Gasteiger partial charge in [0.1, 0.15) is 12.1 Å². The molecule has 1 aliphatic rings. The molecule has 0 radical (unpaired) electrons. The Kier molecular flexibility index (Phi) is 5.23. The van der Waals surface area contributed by atoms with Gasteiger partial charge in [-0.3, -0.25) is 9.58 Å². The zero-order valence-electron chi connectivity index (χ0n) is 18.0. The molecule has 1 aromatic carbocycles. The van der Waals surface area contributed by atoms with Gasteiger partial charge in [0.05, 0.1) is 23.2 Å². The van der Waals surface area contributed by atoms with Gasteiger partial charge in [-0.15, -0.1) is 0 Å². The van der Waals surface area contributed by atoms with Gasteiger partial charge >= 0.3 is 6.18 Å². The quantitative estimate of drug-likeness (QED) is 0.460. The second-order valence-corrected chi connectivity index (χ2v) is 7.94. The minimum Gasteiger partial charge on any atom is -0.353 e. The van der Waals surface area contributed by atoms with Crippen LogP contribution in [0.15, 0.2) is 41.3 Å². The summed E-state index contributed by atoms with van der Waals surface area (Å²) in [5.74, 6) is 1.36. The lowest BCUT2D eigenvalue weighted by Crippen LogP contribution is -2.47. The molecule has 1 saturated heterocycles. The number of hydrogen-bond acceptors (Lipinski definition) is 8. The average molecular weight is 458 g/mol. The van der Waals surface area contributed by atoms with Crippen molar-refractivity contribution in [2.24, 2.45) is 7.05 Å². The van der Waals surface area contributed by atoms with E-state index in [1.54, 1.807) is 17.2 Å². The first kappa shape index (κ1) is 21.3. The van der Waals surface area contributed by atoms with Crippen LogP contribution in [0.2, 0.25) is 0 Å². The van der Waals surface area contributed by atoms with E-state index < -0.39 is 11.7 Å². The number of piperazine rings is 1. The second kappa shape index (κ2) is 8.10. The van der Waals surface area contributed by atoms with Gasteiger partial charge in [-0.05, 0) is 19.1 Å². The minimum atomic E-state index is -4.43. The van der Waals surface area contributed by atoms with E-state index in [-0.39, 0.29) is 17.4 Å². The van der Waals surface area contributed by atoms with Crippen molar-refractivity contribution >= 4 is 16.9 Å². The van der Waals surface area contributed by atoms with Crippen molar-refractivity contribution in [3.8, 4) is 11.4 Å². The molecule has 5 rings (SSSR count). The Morgan fingerprint density at radius 3 is 2.64 bits per heavy atom. The third-order valence-corrected chi connectivity index (χ3v) is 5.92. The molecule has 12 heteroatoms. The van der Waals surface area contributed by atoms with E-state index in [0.717, 1.165) is 55.2 Å². The number of anilines is 1. The average Bonchev–Trinajstić information content (AvgIpc) is 3.46. The van der Waals surface area contributed by atoms with Crippen LogP contribution in [0.5, 0.6) is 0 Å². The standard InChI is InChI=1S/C21H21F3N8O/c1-13(20-28-17(29-33-20)14-4-3-5-15(10-14)21(22,23)24)31-6-8-32(9-7-31)19-16-11-27-30(2)18(16)25-12-26-19/h3-5,10-13H,6-9H2,1-2H3. The van der Waals surface area contributed by atoms with Crippen LogP contribution in [0.3, 0.4) is 0 Å². The zero-order chi connectivity index (χ0) is 23.2. The van der Waals surface area contributed by atoms with E-state index in [1.807, 2.05) is 14.0 Å². The summed E-state index contributed by atoms with van der Waals surface area (Å²) in [5, 5.41) is 9.08. The molecule has 0 N–H and O–H groups in total. The lowest BCUT2D eigenvalue weighted by molar-refractivity contribution is -0.137. The second-order valence-electron chi connectivity index (χ2n) is 7.94. The minimum absolute atomic E-state index is 0.140. The monoisotopic (exact) mass is 458 g/mol. The van der Waals surface area contributed by atoms with Crippen LogP contribution in [0, 0.1) is 0 Å². The summed E-state index contributed by atoms with van der Waals surface area (Å²) in [5.41, 5.74) is 0.299. The van der Waals surface area contributed by atoms with Crippen molar-refractivity contribution in [1.82, 2.24) is 34.8 Å². The molecule has 33 heavy (non-hydrogen) atoms. The summed E-state index contributed by atoms with van der Waals surface area (Å²) in [4.78, 5) is 17.5. The molecule has 0 amide bonds. The lowest BCUT2D eigenvalue weighted by Gasteiger charge is -2.37. The third-order valence-electron chi connectivity index (χ3n) is 5.92. The fourth-order valence-electron chi connectivity index (χ4n) is 4.04. The van der Waals surface area contributed by atoms with Gasteiger partial charge in [0, 0.05) is 38.8 Å². The molecule has 3 aromatic heterocycles. The smallest absolute Gasteiger partial charge is 0.353 e. The van der Waals surface area contributed by atoms with Crippen LogP contribution < -0.4 is 4.90 Å². The first-order valence-electron chi connectivity index (χ1n) is 10.4. The van der Waals surface area contributed by atoms with Gasteiger partial charge in [-0.25, -0.2) is 9.97 Å². The van der Waals surface area contributed by atoms with E-state index in [9.17, 15) is 13.2 Å². The van der Waals surface area contributed by atoms with Crippen molar-refractivity contribution in [3.63, 3.8) is 0 Å². The van der Waals surface area contributed by atoms with Crippen molar-refractivity contribution in [2.75, 3.05) is 31.1 Å². The van der Waals surface area contributed by atoms with Gasteiger partial charge in [0.25, 0.3) is 0 Å². The van der Waals surface area contributed by atoms with E-state index in [0.29, 0.717) is 5.89 Å². The predicted octanol–water partition coefficient (Wildman–Crippen LogP) is 3.32. The van der Waals surface area contributed by atoms with E-state index in [2.05, 4.69) is 35.0 Å². The fourth-order valence-corrected chi connectivity index (χ4v) is 4.04. The topological polar surface area (TPSA) is 89.0 Å². The fraction of sp³-hybridized carbons (Fsp3) is 0.381. The molecule has 9 nitrogen and oxygen atoms in total. The maximum absolute atomic E-state index is 13.0. The maximum Gasteiger partial charge on any atom is 0.416 e. The largest absolute Gasteiger partial charge is 0.416 e. The molecule has 0 bridgehead atoms. The van der Waals surface area contributed by atoms with Crippen LogP contribution in [0.4, 0.5) is 19.0 Å². The molecule has 1 unspecified atom stereocenters. The number of halogens is 3. The molecule has 0 saturated carbocycles. The molecule has 4 aromatic rings. The van der Waals surface area contributed by atoms with Gasteiger partial charge in [0.2, 0.25) is 11.7 Å². The highest BCUT2D eigenvalue weighted by molar-refractivity contribution is 5.86. The Morgan fingerprint density at radius 2 is 1.88 bits per heavy atom. The maximum atomic E-state index is 13.0. The Labute approximate surface area is 186 Å². The summed E-state index contributed by atoms with van der Waals surface area (Å²) >= 11 is 0. The molecular formula is C21H21F3N8O. The normalized spacial score (nSPS) is 16.5. The van der Waals surface area contributed by atoms with Crippen molar-refractivity contribution in [2.45, 2.75) is 19.1 Å². The summed E-state index contributed by atoms with van der Waals surface area (Å²) < 4.78 is 46.2. The van der Waals surface area contributed by atoms with Crippen LogP contribution in [-0.4, -0.2) is 61.0 Å². The van der Waals surface area contributed by atoms with Gasteiger partial charge in [0.15, 0.2) is 5.65 Å². The van der Waals surface area contributed by atoms with E-state index >= 15 is 0 Å². The SMILES string of the molecule is CC(c1nc(-c2cccc(C(F)(F)F)c2)no1)N1CCN(c2ncnc3c2cnn3C)CC1. The Balaban J connectivity index is 1.28.